The van der Waals surface area contributed by atoms with Gasteiger partial charge in [-0.3, -0.25) is 0 Å². The highest BCUT2D eigenvalue weighted by Gasteiger charge is 2.16. The quantitative estimate of drug-likeness (QED) is 0.573. The van der Waals surface area contributed by atoms with Crippen molar-refractivity contribution in [2.24, 2.45) is 0 Å². The lowest BCUT2D eigenvalue weighted by Gasteiger charge is -2.23. The van der Waals surface area contributed by atoms with Crippen molar-refractivity contribution in [3.05, 3.63) is 59.4 Å². The first-order valence-corrected chi connectivity index (χ1v) is 9.42. The molecule has 8 nitrogen and oxygen atoms in total. The summed E-state index contributed by atoms with van der Waals surface area (Å²) >= 11 is 0. The Kier molecular flexibility index (Phi) is 6.46. The first kappa shape index (κ1) is 20.8. The number of benzene rings is 2. The summed E-state index contributed by atoms with van der Waals surface area (Å²) in [4.78, 5) is 0. The smallest absolute Gasteiger partial charge is 0.194 e. The number of rotatable bonds is 9. The number of aromatic nitrogens is 4. The Balaban J connectivity index is 1.70. The number of nitrogens with one attached hydrogen (secondary N) is 1. The second-order valence-corrected chi connectivity index (χ2v) is 7.51. The predicted octanol–water partition coefficient (Wildman–Crippen LogP) is 2.42. The number of aliphatic hydroxyl groups is 1. The molecule has 154 valence electrons. The minimum atomic E-state index is -0.352. The average molecular weight is 397 g/mol. The van der Waals surface area contributed by atoms with E-state index in [0.717, 1.165) is 11.3 Å². The van der Waals surface area contributed by atoms with Crippen molar-refractivity contribution in [2.45, 2.75) is 39.5 Å². The van der Waals surface area contributed by atoms with Crippen LogP contribution < -0.4 is 14.8 Å². The first-order chi connectivity index (χ1) is 13.9. The van der Waals surface area contributed by atoms with E-state index in [1.807, 2.05) is 63.2 Å². The van der Waals surface area contributed by atoms with Crippen LogP contribution in [0.5, 0.6) is 11.5 Å². The van der Waals surface area contributed by atoms with Crippen molar-refractivity contribution in [2.75, 3.05) is 13.7 Å². The van der Waals surface area contributed by atoms with Crippen LogP contribution in [0.4, 0.5) is 0 Å². The molecular weight excluding hydrogens is 370 g/mol. The molecule has 0 aliphatic rings. The maximum atomic E-state index is 9.37. The minimum Gasteiger partial charge on any atom is -0.493 e. The number of ether oxygens (including phenoxy) is 2. The monoisotopic (exact) mass is 397 g/mol. The Bertz CT molecular complexity index is 938. The predicted molar refractivity (Wildman–Crippen MR) is 109 cm³/mol. The second-order valence-electron chi connectivity index (χ2n) is 7.51. The summed E-state index contributed by atoms with van der Waals surface area (Å²) in [5.41, 5.74) is 2.72. The van der Waals surface area contributed by atoms with Gasteiger partial charge in [0.1, 0.15) is 0 Å². The molecule has 0 saturated heterocycles. The van der Waals surface area contributed by atoms with Crippen LogP contribution in [-0.4, -0.2) is 44.6 Å². The molecule has 0 bridgehead atoms. The van der Waals surface area contributed by atoms with Crippen LogP contribution >= 0.6 is 0 Å². The highest BCUT2D eigenvalue weighted by atomic mass is 16.5. The minimum absolute atomic E-state index is 0.0566. The zero-order valence-corrected chi connectivity index (χ0v) is 17.2. The van der Waals surface area contributed by atoms with Gasteiger partial charge in [-0.2, -0.15) is 4.68 Å². The van der Waals surface area contributed by atoms with E-state index < -0.39 is 0 Å². The molecule has 1 aromatic heterocycles. The van der Waals surface area contributed by atoms with E-state index in [9.17, 15) is 5.11 Å². The normalized spacial score (nSPS) is 11.5. The van der Waals surface area contributed by atoms with Crippen LogP contribution in [0.25, 0.3) is 5.69 Å². The topological polar surface area (TPSA) is 94.3 Å². The molecule has 0 aliphatic carbocycles. The molecule has 0 spiro atoms. The second kappa shape index (κ2) is 9.02. The fraction of sp³-hybridized carbons (Fsp3) is 0.381. The number of tetrazole rings is 1. The van der Waals surface area contributed by atoms with E-state index in [-0.39, 0.29) is 18.8 Å². The molecule has 1 heterocycles. The van der Waals surface area contributed by atoms with Gasteiger partial charge < -0.3 is 19.9 Å². The molecule has 3 aromatic rings. The van der Waals surface area contributed by atoms with Gasteiger partial charge in [0.25, 0.3) is 0 Å². The summed E-state index contributed by atoms with van der Waals surface area (Å²) in [5.74, 6) is 1.82. The summed E-state index contributed by atoms with van der Waals surface area (Å²) < 4.78 is 13.1. The van der Waals surface area contributed by atoms with E-state index in [2.05, 4.69) is 20.8 Å². The molecule has 0 atom stereocenters. The van der Waals surface area contributed by atoms with E-state index in [4.69, 9.17) is 9.47 Å². The molecule has 0 radical (unpaired) electrons. The third-order valence-electron chi connectivity index (χ3n) is 4.56. The first-order valence-electron chi connectivity index (χ1n) is 9.42. The fourth-order valence-electron chi connectivity index (χ4n) is 2.66. The van der Waals surface area contributed by atoms with Crippen molar-refractivity contribution >= 4 is 0 Å². The summed E-state index contributed by atoms with van der Waals surface area (Å²) in [5, 5.41) is 24.6. The maximum absolute atomic E-state index is 9.37. The van der Waals surface area contributed by atoms with Crippen molar-refractivity contribution in [1.82, 2.24) is 25.5 Å². The SMILES string of the molecule is COc1cc(CNC(C)(C)CO)ccc1OCc1nnnn1-c1ccc(C)cc1. The van der Waals surface area contributed by atoms with Gasteiger partial charge in [0.15, 0.2) is 23.9 Å². The van der Waals surface area contributed by atoms with Crippen LogP contribution in [-0.2, 0) is 13.2 Å². The largest absolute Gasteiger partial charge is 0.493 e. The Labute approximate surface area is 170 Å². The fourth-order valence-corrected chi connectivity index (χ4v) is 2.66. The molecule has 8 heteroatoms. The number of methoxy groups -OCH3 is 1. The van der Waals surface area contributed by atoms with Gasteiger partial charge in [-0.15, -0.1) is 5.10 Å². The highest BCUT2D eigenvalue weighted by molar-refractivity contribution is 5.43. The van der Waals surface area contributed by atoms with E-state index >= 15 is 0 Å². The van der Waals surface area contributed by atoms with Crippen molar-refractivity contribution in [1.29, 1.82) is 0 Å². The molecule has 0 saturated carbocycles. The molecular formula is C21H27N5O3. The highest BCUT2D eigenvalue weighted by Crippen LogP contribution is 2.29. The summed E-state index contributed by atoms with van der Waals surface area (Å²) in [6.07, 6.45) is 0. The van der Waals surface area contributed by atoms with Gasteiger partial charge in [-0.1, -0.05) is 23.8 Å². The Morgan fingerprint density at radius 3 is 2.55 bits per heavy atom. The summed E-state index contributed by atoms with van der Waals surface area (Å²) in [6, 6.07) is 13.7. The third kappa shape index (κ3) is 5.30. The number of nitrogens with zero attached hydrogens (tertiary/aromatic N) is 4. The lowest BCUT2D eigenvalue weighted by atomic mass is 10.1. The molecule has 2 N–H and O–H groups in total. The van der Waals surface area contributed by atoms with Gasteiger partial charge in [0.2, 0.25) is 0 Å². The third-order valence-corrected chi connectivity index (χ3v) is 4.56. The van der Waals surface area contributed by atoms with E-state index in [1.165, 1.54) is 5.56 Å². The van der Waals surface area contributed by atoms with Crippen LogP contribution in [0.1, 0.15) is 30.8 Å². The Hall–Kier alpha value is -2.97. The van der Waals surface area contributed by atoms with Gasteiger partial charge in [0.05, 0.1) is 19.4 Å². The zero-order chi connectivity index (χ0) is 20.9. The molecule has 3 rings (SSSR count). The Morgan fingerprint density at radius 1 is 1.10 bits per heavy atom. The van der Waals surface area contributed by atoms with E-state index in [1.54, 1.807) is 11.8 Å². The van der Waals surface area contributed by atoms with Crippen LogP contribution in [0.15, 0.2) is 42.5 Å². The molecule has 0 unspecified atom stereocenters. The average Bonchev–Trinajstić information content (AvgIpc) is 3.20. The number of hydrogen-bond donors (Lipinski definition) is 2. The molecule has 29 heavy (non-hydrogen) atoms. The number of aryl methyl sites for hydroxylation is 1. The lowest BCUT2D eigenvalue weighted by molar-refractivity contribution is 0.187. The van der Waals surface area contributed by atoms with Gasteiger partial charge in [-0.25, -0.2) is 0 Å². The lowest BCUT2D eigenvalue weighted by Crippen LogP contribution is -2.42. The van der Waals surface area contributed by atoms with Gasteiger partial charge in [0, 0.05) is 12.1 Å². The molecule has 2 aromatic carbocycles. The zero-order valence-electron chi connectivity index (χ0n) is 17.2. The van der Waals surface area contributed by atoms with Crippen molar-refractivity contribution in [3.8, 4) is 17.2 Å². The van der Waals surface area contributed by atoms with Crippen molar-refractivity contribution < 1.29 is 14.6 Å². The van der Waals surface area contributed by atoms with E-state index in [0.29, 0.717) is 23.9 Å². The van der Waals surface area contributed by atoms with Crippen LogP contribution in [0, 0.1) is 6.92 Å². The van der Waals surface area contributed by atoms with Gasteiger partial charge >= 0.3 is 0 Å². The molecule has 0 amide bonds. The molecule has 0 aliphatic heterocycles. The maximum Gasteiger partial charge on any atom is 0.194 e. The summed E-state index contributed by atoms with van der Waals surface area (Å²) in [7, 11) is 1.60. The van der Waals surface area contributed by atoms with Crippen molar-refractivity contribution in [3.63, 3.8) is 0 Å². The van der Waals surface area contributed by atoms with Gasteiger partial charge in [-0.05, 0) is 61.0 Å². The standard InChI is InChI=1S/C21H27N5O3/c1-15-5-8-17(9-6-15)26-20(23-24-25-26)13-29-18-10-7-16(11-19(18)28-4)12-22-21(2,3)14-27/h5-11,22,27H,12-14H2,1-4H3. The van der Waals surface area contributed by atoms with Crippen LogP contribution in [0.3, 0.4) is 0 Å². The molecule has 0 fully saturated rings. The summed E-state index contributed by atoms with van der Waals surface area (Å²) in [6.45, 7) is 6.78. The number of aliphatic hydroxyl groups excluding tert-OH is 1. The van der Waals surface area contributed by atoms with Crippen LogP contribution in [0.2, 0.25) is 0 Å². The Morgan fingerprint density at radius 2 is 1.86 bits per heavy atom. The number of hydrogen-bond acceptors (Lipinski definition) is 7.